The number of nitrogens with zero attached hydrogens (tertiary/aromatic N) is 1. The Labute approximate surface area is 189 Å². The zero-order chi connectivity index (χ0) is 23.8. The lowest BCUT2D eigenvalue weighted by molar-refractivity contribution is -0.147. The van der Waals surface area contributed by atoms with Crippen molar-refractivity contribution in [1.82, 2.24) is 15.5 Å². The number of methoxy groups -OCH3 is 3. The summed E-state index contributed by atoms with van der Waals surface area (Å²) >= 11 is 0. The lowest BCUT2D eigenvalue weighted by atomic mass is 10.2. The first-order valence-corrected chi connectivity index (χ1v) is 9.93. The highest BCUT2D eigenvalue weighted by Crippen LogP contribution is 2.39. The lowest BCUT2D eigenvalue weighted by Gasteiger charge is -2.14. The van der Waals surface area contributed by atoms with E-state index < -0.39 is 24.4 Å². The number of hydrogen-bond donors (Lipinski definition) is 3. The second-order valence-electron chi connectivity index (χ2n) is 6.75. The van der Waals surface area contributed by atoms with Crippen molar-refractivity contribution in [3.8, 4) is 17.2 Å². The molecular formula is C22H24N4O7. The van der Waals surface area contributed by atoms with Crippen LogP contribution in [0.5, 0.6) is 17.2 Å². The van der Waals surface area contributed by atoms with Crippen molar-refractivity contribution in [2.75, 3.05) is 39.8 Å². The van der Waals surface area contributed by atoms with E-state index in [0.717, 1.165) is 5.52 Å². The zero-order valence-electron chi connectivity index (χ0n) is 18.4. The van der Waals surface area contributed by atoms with Gasteiger partial charge in [0.2, 0.25) is 5.75 Å². The number of hydrogen-bond acceptors (Lipinski definition) is 8. The fourth-order valence-electron chi connectivity index (χ4n) is 3.07. The molecule has 0 saturated heterocycles. The highest BCUT2D eigenvalue weighted by molar-refractivity contribution is 6.04. The summed E-state index contributed by atoms with van der Waals surface area (Å²) in [5, 5.41) is 12.7. The van der Waals surface area contributed by atoms with Crippen LogP contribution in [0.25, 0.3) is 10.9 Å². The minimum Gasteiger partial charge on any atom is -0.493 e. The van der Waals surface area contributed by atoms with Gasteiger partial charge in [-0.2, -0.15) is 5.10 Å². The first-order valence-electron chi connectivity index (χ1n) is 9.93. The molecule has 0 aliphatic heterocycles. The molecule has 0 fully saturated rings. The molecule has 0 radical (unpaired) electrons. The van der Waals surface area contributed by atoms with E-state index in [1.807, 2.05) is 6.07 Å². The van der Waals surface area contributed by atoms with Crippen molar-refractivity contribution < 1.29 is 33.3 Å². The summed E-state index contributed by atoms with van der Waals surface area (Å²) in [5.74, 6) is -0.490. The van der Waals surface area contributed by atoms with Crippen LogP contribution >= 0.6 is 0 Å². The van der Waals surface area contributed by atoms with Gasteiger partial charge in [0.25, 0.3) is 11.8 Å². The van der Waals surface area contributed by atoms with Crippen LogP contribution in [-0.2, 0) is 14.3 Å². The molecule has 3 N–H and O–H groups in total. The molecule has 0 bridgehead atoms. The largest absolute Gasteiger partial charge is 0.493 e. The Morgan fingerprint density at radius 3 is 2.36 bits per heavy atom. The number of para-hydroxylation sites is 1. The van der Waals surface area contributed by atoms with E-state index in [1.54, 1.807) is 30.3 Å². The summed E-state index contributed by atoms with van der Waals surface area (Å²) in [6.45, 7) is -0.458. The van der Waals surface area contributed by atoms with Crippen LogP contribution in [0.1, 0.15) is 16.9 Å². The Kier molecular flexibility index (Phi) is 7.68. The molecule has 11 nitrogen and oxygen atoms in total. The molecule has 0 aliphatic rings. The molecule has 1 heterocycles. The van der Waals surface area contributed by atoms with Gasteiger partial charge in [-0.1, -0.05) is 18.2 Å². The molecule has 0 spiro atoms. The second kappa shape index (κ2) is 10.8. The molecule has 11 heteroatoms. The molecule has 2 amide bonds. The van der Waals surface area contributed by atoms with Gasteiger partial charge in [-0.3, -0.25) is 19.5 Å². The number of aromatic nitrogens is 2. The number of esters is 1. The standard InChI is InChI=1S/C22H24N4O7/c1-30-16-10-13(11-17(31-2)21(16)32-3)24-18(27)12-33-19(28)8-9-23-22(29)20-14-6-4-5-7-15(14)25-26-20/h4-7,10-11H,8-9,12H2,1-3H3,(H,23,29)(H,24,27)(H,25,26). The van der Waals surface area contributed by atoms with Crippen molar-refractivity contribution in [3.63, 3.8) is 0 Å². The average Bonchev–Trinajstić information content (AvgIpc) is 3.26. The molecule has 0 aliphatic carbocycles. The Hall–Kier alpha value is -4.28. The minimum absolute atomic E-state index is 0.0351. The highest BCUT2D eigenvalue weighted by atomic mass is 16.5. The van der Waals surface area contributed by atoms with Crippen LogP contribution in [0.2, 0.25) is 0 Å². The number of carbonyl (C=O) groups excluding carboxylic acids is 3. The molecule has 33 heavy (non-hydrogen) atoms. The normalized spacial score (nSPS) is 10.4. The van der Waals surface area contributed by atoms with E-state index >= 15 is 0 Å². The number of nitrogens with one attached hydrogen (secondary N) is 3. The van der Waals surface area contributed by atoms with Crippen molar-refractivity contribution in [2.24, 2.45) is 0 Å². The topological polar surface area (TPSA) is 141 Å². The van der Waals surface area contributed by atoms with Crippen molar-refractivity contribution in [1.29, 1.82) is 0 Å². The summed E-state index contributed by atoms with van der Waals surface area (Å²) < 4.78 is 20.7. The van der Waals surface area contributed by atoms with Crippen molar-refractivity contribution in [2.45, 2.75) is 6.42 Å². The van der Waals surface area contributed by atoms with Gasteiger partial charge in [0, 0.05) is 29.8 Å². The van der Waals surface area contributed by atoms with Crippen LogP contribution in [0, 0.1) is 0 Å². The fourth-order valence-corrected chi connectivity index (χ4v) is 3.07. The first-order chi connectivity index (χ1) is 16.0. The van der Waals surface area contributed by atoms with Gasteiger partial charge in [-0.25, -0.2) is 0 Å². The molecule has 0 unspecified atom stereocenters. The van der Waals surface area contributed by atoms with Gasteiger partial charge in [0.05, 0.1) is 33.3 Å². The second-order valence-corrected chi connectivity index (χ2v) is 6.75. The Bertz CT molecular complexity index is 1130. The van der Waals surface area contributed by atoms with Crippen LogP contribution in [0.4, 0.5) is 5.69 Å². The summed E-state index contributed by atoms with van der Waals surface area (Å²) in [5.41, 5.74) is 1.35. The number of anilines is 1. The van der Waals surface area contributed by atoms with Gasteiger partial charge in [-0.05, 0) is 6.07 Å². The maximum Gasteiger partial charge on any atom is 0.308 e. The number of H-pyrrole nitrogens is 1. The third-order valence-corrected chi connectivity index (χ3v) is 4.61. The summed E-state index contributed by atoms with van der Waals surface area (Å²) in [4.78, 5) is 36.4. The number of carbonyl (C=O) groups is 3. The quantitative estimate of drug-likeness (QED) is 0.393. The van der Waals surface area contributed by atoms with Crippen LogP contribution in [0.3, 0.4) is 0 Å². The zero-order valence-corrected chi connectivity index (χ0v) is 18.4. The SMILES string of the molecule is COc1cc(NC(=O)COC(=O)CCNC(=O)c2n[nH]c3ccccc23)cc(OC)c1OC. The van der Waals surface area contributed by atoms with Crippen LogP contribution < -0.4 is 24.8 Å². The molecule has 2 aromatic carbocycles. The smallest absolute Gasteiger partial charge is 0.308 e. The van der Waals surface area contributed by atoms with E-state index in [2.05, 4.69) is 20.8 Å². The van der Waals surface area contributed by atoms with Crippen molar-refractivity contribution in [3.05, 3.63) is 42.1 Å². The summed E-state index contributed by atoms with van der Waals surface area (Å²) in [7, 11) is 4.38. The lowest BCUT2D eigenvalue weighted by Crippen LogP contribution is -2.28. The van der Waals surface area contributed by atoms with E-state index in [-0.39, 0.29) is 18.7 Å². The van der Waals surface area contributed by atoms with Gasteiger partial charge in [0.1, 0.15) is 0 Å². The first kappa shape index (κ1) is 23.4. The molecule has 0 atom stereocenters. The third-order valence-electron chi connectivity index (χ3n) is 4.61. The van der Waals surface area contributed by atoms with Gasteiger partial charge < -0.3 is 29.6 Å². The number of rotatable bonds is 10. The number of amides is 2. The summed E-state index contributed by atoms with van der Waals surface area (Å²) in [6, 6.07) is 10.3. The number of ether oxygens (including phenoxy) is 4. The van der Waals surface area contributed by atoms with Gasteiger partial charge >= 0.3 is 5.97 Å². The predicted molar refractivity (Wildman–Crippen MR) is 119 cm³/mol. The maximum atomic E-state index is 12.3. The van der Waals surface area contributed by atoms with E-state index in [0.29, 0.717) is 28.3 Å². The number of aromatic amines is 1. The maximum absolute atomic E-state index is 12.3. The molecular weight excluding hydrogens is 432 g/mol. The van der Waals surface area contributed by atoms with E-state index in [1.165, 1.54) is 21.3 Å². The highest BCUT2D eigenvalue weighted by Gasteiger charge is 2.16. The van der Waals surface area contributed by atoms with E-state index in [4.69, 9.17) is 18.9 Å². The summed E-state index contributed by atoms with van der Waals surface area (Å²) in [6.07, 6.45) is -0.106. The molecule has 3 aromatic rings. The molecule has 174 valence electrons. The Balaban J connectivity index is 1.45. The molecule has 0 saturated carbocycles. The number of fused-ring (bicyclic) bond motifs is 1. The molecule has 3 rings (SSSR count). The van der Waals surface area contributed by atoms with Crippen molar-refractivity contribution >= 4 is 34.4 Å². The molecule has 1 aromatic heterocycles. The van der Waals surface area contributed by atoms with E-state index in [9.17, 15) is 14.4 Å². The van der Waals surface area contributed by atoms with Gasteiger partial charge in [-0.15, -0.1) is 0 Å². The van der Waals surface area contributed by atoms with Crippen LogP contribution in [-0.4, -0.2) is 62.5 Å². The number of benzene rings is 2. The average molecular weight is 456 g/mol. The predicted octanol–water partition coefficient (Wildman–Crippen LogP) is 1.89. The monoisotopic (exact) mass is 456 g/mol. The fraction of sp³-hybridized carbons (Fsp3) is 0.273. The Morgan fingerprint density at radius 2 is 1.70 bits per heavy atom. The van der Waals surface area contributed by atoms with Crippen LogP contribution in [0.15, 0.2) is 36.4 Å². The minimum atomic E-state index is -0.637. The van der Waals surface area contributed by atoms with Gasteiger partial charge in [0.15, 0.2) is 23.8 Å². The Morgan fingerprint density at radius 1 is 1.00 bits per heavy atom. The third kappa shape index (κ3) is 5.70.